The van der Waals surface area contributed by atoms with Gasteiger partial charge in [-0.3, -0.25) is 9.69 Å². The smallest absolute Gasteiger partial charge is 0.223 e. The van der Waals surface area contributed by atoms with Crippen LogP contribution >= 0.6 is 0 Å². The van der Waals surface area contributed by atoms with Gasteiger partial charge in [0.1, 0.15) is 0 Å². The molecule has 1 saturated heterocycles. The molecule has 1 aliphatic carbocycles. The topological polar surface area (TPSA) is 32.3 Å². The van der Waals surface area contributed by atoms with Crippen molar-refractivity contribution in [1.29, 1.82) is 0 Å². The van der Waals surface area contributed by atoms with Gasteiger partial charge < -0.3 is 5.32 Å². The van der Waals surface area contributed by atoms with Crippen LogP contribution in [0.1, 0.15) is 36.8 Å². The Balaban J connectivity index is 1.67. The lowest BCUT2D eigenvalue weighted by atomic mass is 9.76. The number of amides is 1. The molecule has 2 atom stereocenters. The van der Waals surface area contributed by atoms with E-state index in [9.17, 15) is 4.79 Å². The second-order valence-corrected chi connectivity index (χ2v) is 6.87. The van der Waals surface area contributed by atoms with Gasteiger partial charge in [-0.1, -0.05) is 36.2 Å². The molecule has 0 radical (unpaired) electrons. The fourth-order valence-corrected chi connectivity index (χ4v) is 4.28. The molecule has 1 saturated carbocycles. The number of hydrogen-bond acceptors (Lipinski definition) is 2. The Morgan fingerprint density at radius 1 is 1.33 bits per heavy atom. The Labute approximate surface area is 127 Å². The van der Waals surface area contributed by atoms with Crippen LogP contribution in [0.3, 0.4) is 0 Å². The summed E-state index contributed by atoms with van der Waals surface area (Å²) >= 11 is 0. The van der Waals surface area contributed by atoms with Crippen LogP contribution in [0.2, 0.25) is 0 Å². The summed E-state index contributed by atoms with van der Waals surface area (Å²) in [5, 5.41) is 2.87. The molecule has 0 aromatic heterocycles. The van der Waals surface area contributed by atoms with Crippen LogP contribution < -0.4 is 5.32 Å². The molecule has 3 rings (SSSR count). The Hall–Kier alpha value is -1.35. The van der Waals surface area contributed by atoms with E-state index >= 15 is 0 Å². The second kappa shape index (κ2) is 5.80. The van der Waals surface area contributed by atoms with Gasteiger partial charge in [-0.25, -0.2) is 0 Å². The van der Waals surface area contributed by atoms with E-state index in [1.807, 2.05) is 0 Å². The zero-order valence-corrected chi connectivity index (χ0v) is 13.2. The van der Waals surface area contributed by atoms with E-state index in [-0.39, 0.29) is 17.2 Å². The first-order valence-electron chi connectivity index (χ1n) is 8.12. The standard InChI is InChI=1S/C18H26N2O/c1-14-5-7-15(8-6-14)12-20-11-10-18(13-20)9-3-4-16(18)17(21)19-2/h5-8,16H,3-4,9-13H2,1-2H3,(H,19,21)/t16-,18-/m0/s1. The minimum Gasteiger partial charge on any atom is -0.359 e. The van der Waals surface area contributed by atoms with E-state index < -0.39 is 0 Å². The van der Waals surface area contributed by atoms with E-state index in [2.05, 4.69) is 41.4 Å². The summed E-state index contributed by atoms with van der Waals surface area (Å²) in [5.41, 5.74) is 2.93. The van der Waals surface area contributed by atoms with Crippen molar-refractivity contribution in [3.63, 3.8) is 0 Å². The van der Waals surface area contributed by atoms with Gasteiger partial charge in [0.2, 0.25) is 5.91 Å². The number of hydrogen-bond donors (Lipinski definition) is 1. The monoisotopic (exact) mass is 286 g/mol. The average Bonchev–Trinajstić information content (AvgIpc) is 3.08. The molecule has 1 aromatic rings. The van der Waals surface area contributed by atoms with E-state index in [0.717, 1.165) is 26.1 Å². The van der Waals surface area contributed by atoms with Crippen LogP contribution in [0.25, 0.3) is 0 Å². The molecule has 1 spiro atoms. The van der Waals surface area contributed by atoms with Crippen molar-refractivity contribution >= 4 is 5.91 Å². The molecule has 114 valence electrons. The lowest BCUT2D eigenvalue weighted by molar-refractivity contribution is -0.127. The van der Waals surface area contributed by atoms with Crippen molar-refractivity contribution in [3.8, 4) is 0 Å². The third kappa shape index (κ3) is 2.84. The lowest BCUT2D eigenvalue weighted by Crippen LogP contribution is -2.39. The van der Waals surface area contributed by atoms with E-state index in [1.165, 1.54) is 30.4 Å². The predicted octanol–water partition coefficient (Wildman–Crippen LogP) is 2.73. The highest BCUT2D eigenvalue weighted by Crippen LogP contribution is 2.50. The molecule has 3 heteroatoms. The Bertz CT molecular complexity index is 510. The molecule has 2 fully saturated rings. The molecule has 1 N–H and O–H groups in total. The summed E-state index contributed by atoms with van der Waals surface area (Å²) in [7, 11) is 1.77. The van der Waals surface area contributed by atoms with Crippen LogP contribution in [0.5, 0.6) is 0 Å². The lowest BCUT2D eigenvalue weighted by Gasteiger charge is -2.30. The maximum Gasteiger partial charge on any atom is 0.223 e. The van der Waals surface area contributed by atoms with Crippen molar-refractivity contribution in [1.82, 2.24) is 10.2 Å². The van der Waals surface area contributed by atoms with E-state index in [1.54, 1.807) is 7.05 Å². The molecular formula is C18H26N2O. The summed E-state index contributed by atoms with van der Waals surface area (Å²) in [4.78, 5) is 14.7. The minimum absolute atomic E-state index is 0.227. The molecule has 1 aliphatic heterocycles. The van der Waals surface area contributed by atoms with Crippen molar-refractivity contribution in [2.75, 3.05) is 20.1 Å². The third-order valence-electron chi connectivity index (χ3n) is 5.46. The number of carbonyl (C=O) groups excluding carboxylic acids is 1. The highest BCUT2D eigenvalue weighted by Gasteiger charge is 2.49. The number of carbonyl (C=O) groups is 1. The highest BCUT2D eigenvalue weighted by molar-refractivity contribution is 5.79. The van der Waals surface area contributed by atoms with Gasteiger partial charge in [-0.2, -0.15) is 0 Å². The molecule has 2 aliphatic rings. The van der Waals surface area contributed by atoms with Crippen LogP contribution in [-0.2, 0) is 11.3 Å². The summed E-state index contributed by atoms with van der Waals surface area (Å²) in [6.45, 7) is 5.35. The number of likely N-dealkylation sites (tertiary alicyclic amines) is 1. The van der Waals surface area contributed by atoms with Crippen LogP contribution in [-0.4, -0.2) is 30.9 Å². The largest absolute Gasteiger partial charge is 0.359 e. The van der Waals surface area contributed by atoms with Gasteiger partial charge in [0.05, 0.1) is 0 Å². The van der Waals surface area contributed by atoms with Crippen molar-refractivity contribution in [2.24, 2.45) is 11.3 Å². The van der Waals surface area contributed by atoms with Gasteiger partial charge >= 0.3 is 0 Å². The second-order valence-electron chi connectivity index (χ2n) is 6.87. The molecule has 0 unspecified atom stereocenters. The fraction of sp³-hybridized carbons (Fsp3) is 0.611. The number of benzene rings is 1. The Morgan fingerprint density at radius 3 is 2.81 bits per heavy atom. The van der Waals surface area contributed by atoms with Crippen LogP contribution in [0, 0.1) is 18.3 Å². The summed E-state index contributed by atoms with van der Waals surface area (Å²) in [6, 6.07) is 8.82. The Kier molecular flexibility index (Phi) is 4.03. The maximum absolute atomic E-state index is 12.1. The first-order valence-corrected chi connectivity index (χ1v) is 8.12. The van der Waals surface area contributed by atoms with Gasteiger partial charge in [0.25, 0.3) is 0 Å². The highest BCUT2D eigenvalue weighted by atomic mass is 16.1. The molecule has 21 heavy (non-hydrogen) atoms. The summed E-state index contributed by atoms with van der Waals surface area (Å²) in [5.74, 6) is 0.482. The number of rotatable bonds is 3. The normalized spacial score (nSPS) is 29.1. The van der Waals surface area contributed by atoms with Gasteiger partial charge in [-0.05, 0) is 43.7 Å². The fourth-order valence-electron chi connectivity index (χ4n) is 4.28. The summed E-state index contributed by atoms with van der Waals surface area (Å²) < 4.78 is 0. The Morgan fingerprint density at radius 2 is 2.10 bits per heavy atom. The number of nitrogens with zero attached hydrogens (tertiary/aromatic N) is 1. The van der Waals surface area contributed by atoms with Gasteiger partial charge in [0, 0.05) is 26.1 Å². The SMILES string of the molecule is CNC(=O)[C@@H]1CCC[C@@]12CCN(Cc1ccc(C)cc1)C2. The minimum atomic E-state index is 0.227. The first-order chi connectivity index (χ1) is 10.1. The van der Waals surface area contributed by atoms with Gasteiger partial charge in [0.15, 0.2) is 0 Å². The molecule has 3 nitrogen and oxygen atoms in total. The molecule has 1 aromatic carbocycles. The van der Waals surface area contributed by atoms with Crippen molar-refractivity contribution < 1.29 is 4.79 Å². The van der Waals surface area contributed by atoms with Crippen molar-refractivity contribution in [2.45, 2.75) is 39.2 Å². The van der Waals surface area contributed by atoms with Crippen molar-refractivity contribution in [3.05, 3.63) is 35.4 Å². The third-order valence-corrected chi connectivity index (χ3v) is 5.46. The van der Waals surface area contributed by atoms with Crippen LogP contribution in [0.15, 0.2) is 24.3 Å². The zero-order valence-electron chi connectivity index (χ0n) is 13.2. The number of nitrogens with one attached hydrogen (secondary N) is 1. The quantitative estimate of drug-likeness (QED) is 0.926. The predicted molar refractivity (Wildman–Crippen MR) is 84.9 cm³/mol. The molecule has 0 bridgehead atoms. The molecule has 1 amide bonds. The van der Waals surface area contributed by atoms with E-state index in [0.29, 0.717) is 0 Å². The van der Waals surface area contributed by atoms with Gasteiger partial charge in [-0.15, -0.1) is 0 Å². The van der Waals surface area contributed by atoms with Crippen LogP contribution in [0.4, 0.5) is 0 Å². The average molecular weight is 286 g/mol. The first kappa shape index (κ1) is 14.6. The molecular weight excluding hydrogens is 260 g/mol. The molecule has 1 heterocycles. The zero-order chi connectivity index (χ0) is 14.9. The summed E-state index contributed by atoms with van der Waals surface area (Å²) in [6.07, 6.45) is 4.67. The maximum atomic E-state index is 12.1. The van der Waals surface area contributed by atoms with E-state index in [4.69, 9.17) is 0 Å². The number of aryl methyl sites for hydroxylation is 1.